The molecule has 11 heteroatoms. The number of hydrogen-bond donors (Lipinski definition) is 4. The summed E-state index contributed by atoms with van der Waals surface area (Å²) in [5.74, 6) is -0.101. The van der Waals surface area contributed by atoms with Gasteiger partial charge in [-0.25, -0.2) is 4.98 Å². The van der Waals surface area contributed by atoms with E-state index in [-0.39, 0.29) is 23.7 Å². The topological polar surface area (TPSA) is 172 Å². The van der Waals surface area contributed by atoms with Crippen molar-refractivity contribution in [3.8, 4) is 6.07 Å². The van der Waals surface area contributed by atoms with Crippen LogP contribution in [-0.2, 0) is 9.47 Å². The van der Waals surface area contributed by atoms with Gasteiger partial charge in [0.2, 0.25) is 5.95 Å². The maximum absolute atomic E-state index is 11.8. The molecule has 1 saturated heterocycles. The maximum atomic E-state index is 11.8. The third kappa shape index (κ3) is 2.53. The number of H-pyrrole nitrogens is 1. The van der Waals surface area contributed by atoms with Gasteiger partial charge in [-0.15, -0.1) is 0 Å². The van der Waals surface area contributed by atoms with Gasteiger partial charge in [0.05, 0.1) is 19.0 Å². The molecule has 122 valence electrons. The first-order chi connectivity index (χ1) is 11.1. The molecule has 2 aromatic heterocycles. The van der Waals surface area contributed by atoms with E-state index in [0.717, 1.165) is 0 Å². The number of hydrogen-bond acceptors (Lipinski definition) is 9. The van der Waals surface area contributed by atoms with Crippen LogP contribution in [-0.4, -0.2) is 61.3 Å². The maximum Gasteiger partial charge on any atom is 0.280 e. The molecule has 1 fully saturated rings. The van der Waals surface area contributed by atoms with Crippen molar-refractivity contribution < 1.29 is 19.7 Å². The lowest BCUT2D eigenvalue weighted by atomic mass is 10.1. The Morgan fingerprint density at radius 1 is 1.61 bits per heavy atom. The highest BCUT2D eigenvalue weighted by molar-refractivity contribution is 5.70. The molecule has 1 aliphatic heterocycles. The monoisotopic (exact) mass is 322 g/mol. The first-order valence-corrected chi connectivity index (χ1v) is 6.72. The lowest BCUT2D eigenvalue weighted by molar-refractivity contribution is -0.0638. The van der Waals surface area contributed by atoms with Crippen LogP contribution < -0.4 is 11.3 Å². The van der Waals surface area contributed by atoms with E-state index >= 15 is 0 Å². The number of aromatic nitrogens is 4. The second-order valence-corrected chi connectivity index (χ2v) is 4.95. The molecular weight excluding hydrogens is 308 g/mol. The van der Waals surface area contributed by atoms with Crippen LogP contribution in [0.25, 0.3) is 11.2 Å². The predicted molar refractivity (Wildman–Crippen MR) is 74.9 cm³/mol. The molecule has 0 spiro atoms. The summed E-state index contributed by atoms with van der Waals surface area (Å²) in [5.41, 5.74) is 5.21. The number of aliphatic hydroxyl groups excluding tert-OH is 2. The van der Waals surface area contributed by atoms with Crippen LogP contribution in [0.1, 0.15) is 6.23 Å². The van der Waals surface area contributed by atoms with E-state index in [4.69, 9.17) is 20.5 Å². The van der Waals surface area contributed by atoms with Crippen LogP contribution in [0.5, 0.6) is 0 Å². The number of ether oxygens (including phenoxy) is 2. The summed E-state index contributed by atoms with van der Waals surface area (Å²) >= 11 is 0. The number of nitrogens with two attached hydrogens (primary N) is 1. The fourth-order valence-corrected chi connectivity index (χ4v) is 2.54. The van der Waals surface area contributed by atoms with Gasteiger partial charge in [0.1, 0.15) is 24.9 Å². The number of anilines is 1. The standard InChI is InChI=1S/C12H14N6O5/c13-1-2-22-8-7(20)5(3-19)23-11(8)18-4-15-6-9(18)16-12(14)17-10(6)21/h4-5,7-8,11,19-20H,2-3H2,(H3,14,16,17,21)/t5-,7-,8-,11-/m1/s1. The van der Waals surface area contributed by atoms with E-state index in [1.54, 1.807) is 6.07 Å². The summed E-state index contributed by atoms with van der Waals surface area (Å²) in [6, 6.07) is 1.80. The van der Waals surface area contributed by atoms with Gasteiger partial charge in [0, 0.05) is 0 Å². The van der Waals surface area contributed by atoms with Crippen molar-refractivity contribution in [1.29, 1.82) is 5.26 Å². The minimum absolute atomic E-state index is 0.0452. The highest BCUT2D eigenvalue weighted by Gasteiger charge is 2.46. The summed E-state index contributed by atoms with van der Waals surface area (Å²) in [7, 11) is 0. The smallest absolute Gasteiger partial charge is 0.280 e. The minimum atomic E-state index is -1.16. The molecule has 0 saturated carbocycles. The molecule has 0 unspecified atom stereocenters. The van der Waals surface area contributed by atoms with E-state index in [1.807, 2.05) is 0 Å². The second-order valence-electron chi connectivity index (χ2n) is 4.95. The number of nitrogen functional groups attached to an aromatic ring is 1. The molecule has 0 amide bonds. The third-order valence-corrected chi connectivity index (χ3v) is 3.56. The Morgan fingerprint density at radius 3 is 3.09 bits per heavy atom. The Hall–Kier alpha value is -2.52. The Bertz CT molecular complexity index is 810. The Kier molecular flexibility index (Phi) is 3.97. The number of aromatic amines is 1. The van der Waals surface area contributed by atoms with E-state index in [0.29, 0.717) is 0 Å². The van der Waals surface area contributed by atoms with Gasteiger partial charge >= 0.3 is 0 Å². The summed E-state index contributed by atoms with van der Waals surface area (Å²) < 4.78 is 12.2. The van der Waals surface area contributed by atoms with E-state index in [2.05, 4.69) is 15.0 Å². The molecule has 11 nitrogen and oxygen atoms in total. The van der Waals surface area contributed by atoms with E-state index in [9.17, 15) is 15.0 Å². The van der Waals surface area contributed by atoms with Gasteiger partial charge in [-0.05, 0) is 0 Å². The fraction of sp³-hybridized carbons (Fsp3) is 0.500. The lowest BCUT2D eigenvalue weighted by Gasteiger charge is -2.20. The SMILES string of the molecule is N#CCO[C@@H]1[C@H](O)[C@@H](CO)O[C@H]1n1cnc2c(=O)[nH]c(N)nc21. The zero-order valence-electron chi connectivity index (χ0n) is 11.8. The molecule has 0 radical (unpaired) electrons. The molecule has 23 heavy (non-hydrogen) atoms. The fourth-order valence-electron chi connectivity index (χ4n) is 2.54. The van der Waals surface area contributed by atoms with E-state index < -0.39 is 36.7 Å². The zero-order valence-corrected chi connectivity index (χ0v) is 11.8. The average molecular weight is 322 g/mol. The van der Waals surface area contributed by atoms with Crippen LogP contribution in [0.3, 0.4) is 0 Å². The van der Waals surface area contributed by atoms with Crippen molar-refractivity contribution >= 4 is 17.1 Å². The molecule has 0 bridgehead atoms. The Labute approximate surface area is 128 Å². The van der Waals surface area contributed by atoms with Crippen molar-refractivity contribution in [2.75, 3.05) is 18.9 Å². The van der Waals surface area contributed by atoms with Crippen molar-refractivity contribution in [2.45, 2.75) is 24.5 Å². The predicted octanol–water partition coefficient (Wildman–Crippen LogP) is -2.14. The number of imidazole rings is 1. The van der Waals surface area contributed by atoms with Crippen LogP contribution in [0.4, 0.5) is 5.95 Å². The molecule has 3 rings (SSSR count). The summed E-state index contributed by atoms with van der Waals surface area (Å²) in [6.07, 6.45) is -2.62. The summed E-state index contributed by atoms with van der Waals surface area (Å²) in [5, 5.41) is 28.1. The van der Waals surface area contributed by atoms with Crippen molar-refractivity contribution in [3.05, 3.63) is 16.7 Å². The second kappa shape index (κ2) is 5.94. The molecular formula is C12H14N6O5. The van der Waals surface area contributed by atoms with Gasteiger partial charge in [0.25, 0.3) is 5.56 Å². The number of nitrogens with zero attached hydrogens (tertiary/aromatic N) is 4. The zero-order chi connectivity index (χ0) is 16.6. The van der Waals surface area contributed by atoms with Crippen LogP contribution >= 0.6 is 0 Å². The first-order valence-electron chi connectivity index (χ1n) is 6.72. The minimum Gasteiger partial charge on any atom is -0.394 e. The van der Waals surface area contributed by atoms with Crippen LogP contribution in [0.15, 0.2) is 11.1 Å². The van der Waals surface area contributed by atoms with Gasteiger partial charge in [-0.1, -0.05) is 0 Å². The van der Waals surface area contributed by atoms with E-state index in [1.165, 1.54) is 10.9 Å². The normalized spacial score (nSPS) is 27.3. The molecule has 3 heterocycles. The molecule has 5 N–H and O–H groups in total. The van der Waals surface area contributed by atoms with Crippen molar-refractivity contribution in [3.63, 3.8) is 0 Å². The van der Waals surface area contributed by atoms with Crippen molar-refractivity contribution in [2.24, 2.45) is 0 Å². The first kappa shape index (κ1) is 15.4. The van der Waals surface area contributed by atoms with Gasteiger partial charge in [-0.3, -0.25) is 14.3 Å². The van der Waals surface area contributed by atoms with Crippen LogP contribution in [0.2, 0.25) is 0 Å². The molecule has 4 atom stereocenters. The van der Waals surface area contributed by atoms with Gasteiger partial charge in [-0.2, -0.15) is 10.2 Å². The molecule has 0 aromatic carbocycles. The number of nitrogens with one attached hydrogen (secondary N) is 1. The Morgan fingerprint density at radius 2 is 2.39 bits per heavy atom. The molecule has 2 aromatic rings. The third-order valence-electron chi connectivity index (χ3n) is 3.56. The largest absolute Gasteiger partial charge is 0.394 e. The summed E-state index contributed by atoms with van der Waals surface area (Å²) in [6.45, 7) is -0.713. The van der Waals surface area contributed by atoms with Crippen molar-refractivity contribution in [1.82, 2.24) is 19.5 Å². The quantitative estimate of drug-likeness (QED) is 0.490. The lowest BCUT2D eigenvalue weighted by Crippen LogP contribution is -2.35. The highest BCUT2D eigenvalue weighted by atomic mass is 16.6. The summed E-state index contributed by atoms with van der Waals surface area (Å²) in [4.78, 5) is 22.1. The van der Waals surface area contributed by atoms with Gasteiger partial charge < -0.3 is 25.4 Å². The number of fused-ring (bicyclic) bond motifs is 1. The number of rotatable bonds is 4. The highest BCUT2D eigenvalue weighted by Crippen LogP contribution is 2.33. The Balaban J connectivity index is 2.05. The number of aliphatic hydroxyl groups is 2. The van der Waals surface area contributed by atoms with Gasteiger partial charge in [0.15, 0.2) is 17.4 Å². The molecule has 1 aliphatic rings. The van der Waals surface area contributed by atoms with Crippen LogP contribution in [0, 0.1) is 11.3 Å². The number of nitriles is 1. The molecule has 0 aliphatic carbocycles. The average Bonchev–Trinajstić information content (AvgIpc) is 3.06.